The standard InChI is InChI=1S/C21H18O4/c1-3-23-16-8-9-17-19(12-16)25-20(21(17)22)11-15-10-14-6-4-5-7-18(14)24-13(15)2/h4-13H,3H2,1-2H3/t13-/m1/s1. The molecule has 4 nitrogen and oxygen atoms in total. The second kappa shape index (κ2) is 6.13. The third kappa shape index (κ3) is 2.80. The molecule has 4 heteroatoms. The molecule has 0 bridgehead atoms. The van der Waals surface area contributed by atoms with Gasteiger partial charge in [0.15, 0.2) is 5.76 Å². The highest BCUT2D eigenvalue weighted by Crippen LogP contribution is 2.36. The summed E-state index contributed by atoms with van der Waals surface area (Å²) < 4.78 is 17.2. The SMILES string of the molecule is CCOc1ccc2c(c1)OC(=CC1=Cc3ccccc3O[C@@H]1C)C2=O. The minimum absolute atomic E-state index is 0.120. The highest BCUT2D eigenvalue weighted by molar-refractivity contribution is 6.12. The van der Waals surface area contributed by atoms with E-state index >= 15 is 0 Å². The van der Waals surface area contributed by atoms with Gasteiger partial charge < -0.3 is 14.2 Å². The fourth-order valence-electron chi connectivity index (χ4n) is 3.00. The van der Waals surface area contributed by atoms with E-state index in [0.29, 0.717) is 29.4 Å². The zero-order chi connectivity index (χ0) is 17.4. The van der Waals surface area contributed by atoms with Gasteiger partial charge in [-0.2, -0.15) is 0 Å². The largest absolute Gasteiger partial charge is 0.494 e. The topological polar surface area (TPSA) is 44.8 Å². The molecule has 4 rings (SSSR count). The van der Waals surface area contributed by atoms with Crippen LogP contribution in [-0.2, 0) is 0 Å². The Hall–Kier alpha value is -3.01. The molecule has 0 aliphatic carbocycles. The summed E-state index contributed by atoms with van der Waals surface area (Å²) in [5.74, 6) is 2.26. The zero-order valence-corrected chi connectivity index (χ0v) is 14.1. The number of hydrogen-bond acceptors (Lipinski definition) is 4. The van der Waals surface area contributed by atoms with Gasteiger partial charge in [-0.15, -0.1) is 0 Å². The molecule has 0 unspecified atom stereocenters. The van der Waals surface area contributed by atoms with Gasteiger partial charge in [-0.1, -0.05) is 18.2 Å². The smallest absolute Gasteiger partial charge is 0.231 e. The summed E-state index contributed by atoms with van der Waals surface area (Å²) in [6.07, 6.45) is 3.65. The first-order valence-electron chi connectivity index (χ1n) is 8.34. The molecule has 25 heavy (non-hydrogen) atoms. The molecule has 2 heterocycles. The lowest BCUT2D eigenvalue weighted by molar-refractivity contribution is 0.101. The molecule has 2 aliphatic rings. The van der Waals surface area contributed by atoms with E-state index in [0.717, 1.165) is 16.9 Å². The number of fused-ring (bicyclic) bond motifs is 2. The van der Waals surface area contributed by atoms with Gasteiger partial charge in [-0.25, -0.2) is 0 Å². The van der Waals surface area contributed by atoms with Crippen molar-refractivity contribution in [3.05, 3.63) is 71.0 Å². The van der Waals surface area contributed by atoms with Crippen LogP contribution < -0.4 is 14.2 Å². The van der Waals surface area contributed by atoms with Crippen LogP contribution in [0.5, 0.6) is 17.2 Å². The van der Waals surface area contributed by atoms with Crippen LogP contribution in [0.1, 0.15) is 29.8 Å². The number of benzene rings is 2. The Labute approximate surface area is 146 Å². The number of allylic oxidation sites excluding steroid dienone is 1. The van der Waals surface area contributed by atoms with Crippen LogP contribution in [0.15, 0.2) is 59.9 Å². The van der Waals surface area contributed by atoms with Gasteiger partial charge in [-0.3, -0.25) is 4.79 Å². The summed E-state index contributed by atoms with van der Waals surface area (Å²) >= 11 is 0. The molecule has 0 radical (unpaired) electrons. The Bertz CT molecular complexity index is 908. The molecule has 2 aromatic rings. The Kier molecular flexibility index (Phi) is 3.80. The predicted octanol–water partition coefficient (Wildman–Crippen LogP) is 4.41. The second-order valence-electron chi connectivity index (χ2n) is 5.97. The highest BCUT2D eigenvalue weighted by atomic mass is 16.5. The van der Waals surface area contributed by atoms with Crippen LogP contribution in [-0.4, -0.2) is 18.5 Å². The van der Waals surface area contributed by atoms with Gasteiger partial charge >= 0.3 is 0 Å². The molecule has 0 aromatic heterocycles. The van der Waals surface area contributed by atoms with Crippen LogP contribution in [0.2, 0.25) is 0 Å². The molecule has 2 aromatic carbocycles. The van der Waals surface area contributed by atoms with Crippen LogP contribution in [0.3, 0.4) is 0 Å². The zero-order valence-electron chi connectivity index (χ0n) is 14.1. The number of ketones is 1. The minimum atomic E-state index is -0.151. The van der Waals surface area contributed by atoms with Crippen LogP contribution in [0, 0.1) is 0 Å². The summed E-state index contributed by atoms with van der Waals surface area (Å²) in [4.78, 5) is 12.6. The number of Topliss-reactive ketones (excluding diaryl/α,β-unsaturated/α-hetero) is 1. The third-order valence-corrected chi connectivity index (χ3v) is 4.26. The highest BCUT2D eigenvalue weighted by Gasteiger charge is 2.29. The molecule has 2 aliphatic heterocycles. The maximum Gasteiger partial charge on any atom is 0.231 e. The average Bonchev–Trinajstić information content (AvgIpc) is 2.91. The number of carbonyl (C=O) groups excluding carboxylic acids is 1. The third-order valence-electron chi connectivity index (χ3n) is 4.26. The fourth-order valence-corrected chi connectivity index (χ4v) is 3.00. The van der Waals surface area contributed by atoms with Crippen molar-refractivity contribution >= 4 is 11.9 Å². The fraction of sp³-hybridized carbons (Fsp3) is 0.190. The Morgan fingerprint density at radius 3 is 2.84 bits per heavy atom. The Balaban J connectivity index is 1.66. The molecule has 0 N–H and O–H groups in total. The van der Waals surface area contributed by atoms with Crippen LogP contribution in [0.4, 0.5) is 0 Å². The van der Waals surface area contributed by atoms with Gasteiger partial charge in [0.1, 0.15) is 23.4 Å². The maximum absolute atomic E-state index is 12.6. The second-order valence-corrected chi connectivity index (χ2v) is 5.97. The van der Waals surface area contributed by atoms with Crippen LogP contribution in [0.25, 0.3) is 6.08 Å². The number of hydrogen-bond donors (Lipinski definition) is 0. The summed E-state index contributed by atoms with van der Waals surface area (Å²) in [6, 6.07) is 13.1. The monoisotopic (exact) mass is 334 g/mol. The van der Waals surface area contributed by atoms with Gasteiger partial charge in [0.2, 0.25) is 5.78 Å². The normalized spacial score (nSPS) is 19.6. The van der Waals surface area contributed by atoms with Crippen molar-refractivity contribution in [1.82, 2.24) is 0 Å². The van der Waals surface area contributed by atoms with E-state index in [1.54, 1.807) is 24.3 Å². The van der Waals surface area contributed by atoms with E-state index < -0.39 is 0 Å². The van der Waals surface area contributed by atoms with Gasteiger partial charge in [-0.05, 0) is 49.8 Å². The van der Waals surface area contributed by atoms with Crippen molar-refractivity contribution < 1.29 is 19.0 Å². The number of ether oxygens (including phenoxy) is 3. The average molecular weight is 334 g/mol. The van der Waals surface area contributed by atoms with Gasteiger partial charge in [0, 0.05) is 11.6 Å². The summed E-state index contributed by atoms with van der Waals surface area (Å²) in [7, 11) is 0. The van der Waals surface area contributed by atoms with E-state index in [-0.39, 0.29) is 11.9 Å². The first kappa shape index (κ1) is 15.5. The molecule has 0 saturated heterocycles. The molecular weight excluding hydrogens is 316 g/mol. The first-order chi connectivity index (χ1) is 12.2. The lowest BCUT2D eigenvalue weighted by Gasteiger charge is -2.22. The van der Waals surface area contributed by atoms with E-state index in [9.17, 15) is 4.79 Å². The van der Waals surface area contributed by atoms with Gasteiger partial charge in [0.05, 0.1) is 12.2 Å². The van der Waals surface area contributed by atoms with Gasteiger partial charge in [0.25, 0.3) is 0 Å². The molecule has 0 amide bonds. The molecule has 126 valence electrons. The van der Waals surface area contributed by atoms with E-state index in [1.807, 2.05) is 44.2 Å². The van der Waals surface area contributed by atoms with Crippen molar-refractivity contribution in [3.8, 4) is 17.2 Å². The minimum Gasteiger partial charge on any atom is -0.494 e. The lowest BCUT2D eigenvalue weighted by atomic mass is 10.0. The molecule has 1 atom stereocenters. The lowest BCUT2D eigenvalue weighted by Crippen LogP contribution is -2.18. The van der Waals surface area contributed by atoms with E-state index in [2.05, 4.69) is 0 Å². The van der Waals surface area contributed by atoms with Crippen molar-refractivity contribution in [1.29, 1.82) is 0 Å². The van der Waals surface area contributed by atoms with Crippen molar-refractivity contribution in [2.24, 2.45) is 0 Å². The van der Waals surface area contributed by atoms with Crippen LogP contribution >= 0.6 is 0 Å². The van der Waals surface area contributed by atoms with E-state index in [1.165, 1.54) is 0 Å². The molecule has 0 fully saturated rings. The van der Waals surface area contributed by atoms with Crippen molar-refractivity contribution in [2.75, 3.05) is 6.61 Å². The van der Waals surface area contributed by atoms with E-state index in [4.69, 9.17) is 14.2 Å². The predicted molar refractivity (Wildman–Crippen MR) is 95.2 cm³/mol. The summed E-state index contributed by atoms with van der Waals surface area (Å²) in [6.45, 7) is 4.44. The number of para-hydroxylation sites is 1. The maximum atomic E-state index is 12.6. The Morgan fingerprint density at radius 2 is 2.00 bits per heavy atom. The first-order valence-corrected chi connectivity index (χ1v) is 8.34. The summed E-state index contributed by atoms with van der Waals surface area (Å²) in [5, 5.41) is 0. The summed E-state index contributed by atoms with van der Waals surface area (Å²) in [5.41, 5.74) is 2.45. The molecule has 0 saturated carbocycles. The quantitative estimate of drug-likeness (QED) is 0.780. The molecule has 0 spiro atoms. The van der Waals surface area contributed by atoms with Crippen molar-refractivity contribution in [3.63, 3.8) is 0 Å². The van der Waals surface area contributed by atoms with Crippen molar-refractivity contribution in [2.45, 2.75) is 20.0 Å². The molecular formula is C21H18O4. The number of rotatable bonds is 3. The Morgan fingerprint density at radius 1 is 1.16 bits per heavy atom. The number of carbonyl (C=O) groups is 1.